The van der Waals surface area contributed by atoms with Crippen molar-refractivity contribution in [2.75, 3.05) is 24.3 Å². The van der Waals surface area contributed by atoms with E-state index in [-0.39, 0.29) is 18.3 Å². The highest BCUT2D eigenvalue weighted by molar-refractivity contribution is 7.99. The third kappa shape index (κ3) is 7.59. The van der Waals surface area contributed by atoms with Crippen LogP contribution >= 0.6 is 34.7 Å². The van der Waals surface area contributed by atoms with Gasteiger partial charge in [0.05, 0.1) is 24.5 Å². The van der Waals surface area contributed by atoms with E-state index in [9.17, 15) is 9.59 Å². The highest BCUT2D eigenvalue weighted by Crippen LogP contribution is 2.29. The lowest BCUT2D eigenvalue weighted by atomic mass is 10.2. The van der Waals surface area contributed by atoms with Crippen LogP contribution in [0.25, 0.3) is 0 Å². The Bertz CT molecular complexity index is 1220. The van der Waals surface area contributed by atoms with Crippen molar-refractivity contribution in [2.45, 2.75) is 45.3 Å². The molecule has 1 N–H and O–H groups in total. The number of ether oxygens (including phenoxy) is 2. The van der Waals surface area contributed by atoms with Crippen LogP contribution in [0.5, 0.6) is 5.75 Å². The first kappa shape index (κ1) is 27.8. The molecule has 3 aromatic rings. The average molecular weight is 549 g/mol. The number of aromatic nitrogens is 3. The van der Waals surface area contributed by atoms with Gasteiger partial charge < -0.3 is 19.4 Å². The summed E-state index contributed by atoms with van der Waals surface area (Å²) >= 11 is 8.62. The summed E-state index contributed by atoms with van der Waals surface area (Å²) in [6.07, 6.45) is 3.18. The van der Waals surface area contributed by atoms with Crippen LogP contribution in [0.15, 0.2) is 42.1 Å². The van der Waals surface area contributed by atoms with Crippen molar-refractivity contribution >= 4 is 51.6 Å². The number of esters is 1. The number of hydrogen-bond acceptors (Lipinski definition) is 8. The molecule has 0 spiro atoms. The first-order chi connectivity index (χ1) is 17.3. The summed E-state index contributed by atoms with van der Waals surface area (Å²) in [6, 6.07) is 7.26. The van der Waals surface area contributed by atoms with E-state index in [2.05, 4.69) is 22.1 Å². The van der Waals surface area contributed by atoms with E-state index in [0.717, 1.165) is 28.4 Å². The van der Waals surface area contributed by atoms with E-state index in [0.29, 0.717) is 40.3 Å². The van der Waals surface area contributed by atoms with Gasteiger partial charge >= 0.3 is 5.97 Å². The van der Waals surface area contributed by atoms with Crippen LogP contribution in [0, 0.1) is 13.8 Å². The van der Waals surface area contributed by atoms with Crippen LogP contribution in [0.4, 0.5) is 5.00 Å². The van der Waals surface area contributed by atoms with Crippen molar-refractivity contribution < 1.29 is 19.1 Å². The lowest BCUT2D eigenvalue weighted by molar-refractivity contribution is -0.113. The molecule has 2 aromatic heterocycles. The van der Waals surface area contributed by atoms with Crippen molar-refractivity contribution in [3.63, 3.8) is 0 Å². The first-order valence-electron chi connectivity index (χ1n) is 11.4. The van der Waals surface area contributed by atoms with Crippen molar-refractivity contribution in [2.24, 2.45) is 0 Å². The molecule has 1 amide bonds. The number of benzene rings is 1. The minimum Gasteiger partial charge on any atom is -0.493 e. The standard InChI is InChI=1S/C25H29ClN4O4S2/c1-5-11-30-21(8-7-12-34-20-10-9-18(26)13-16(20)3)28-29-25(30)35-15-22(31)27-23-19(14-17(4)36-23)24(32)33-6-2/h5,9-10,13-14H,1,6-8,11-12,15H2,2-4H3,(H,27,31). The number of halogens is 1. The fourth-order valence-electron chi connectivity index (χ4n) is 3.37. The largest absolute Gasteiger partial charge is 0.493 e. The Morgan fingerprint density at radius 2 is 2.08 bits per heavy atom. The number of thiophene rings is 1. The van der Waals surface area contributed by atoms with Gasteiger partial charge in [-0.15, -0.1) is 28.1 Å². The summed E-state index contributed by atoms with van der Waals surface area (Å²) in [5.41, 5.74) is 1.35. The van der Waals surface area contributed by atoms with Gasteiger partial charge in [0, 0.05) is 22.9 Å². The Hall–Kier alpha value is -2.82. The van der Waals surface area contributed by atoms with Gasteiger partial charge in [-0.1, -0.05) is 29.4 Å². The Kier molecular flexibility index (Phi) is 10.4. The monoisotopic (exact) mass is 548 g/mol. The summed E-state index contributed by atoms with van der Waals surface area (Å²) in [5, 5.41) is 13.2. The van der Waals surface area contributed by atoms with Gasteiger partial charge in [-0.2, -0.15) is 0 Å². The van der Waals surface area contributed by atoms with E-state index >= 15 is 0 Å². The molecule has 0 aliphatic heterocycles. The number of anilines is 1. The molecule has 0 radical (unpaired) electrons. The van der Waals surface area contributed by atoms with Gasteiger partial charge in [0.2, 0.25) is 5.91 Å². The first-order valence-corrected chi connectivity index (χ1v) is 13.6. The van der Waals surface area contributed by atoms with Crippen molar-refractivity contribution in [1.29, 1.82) is 0 Å². The Labute approximate surface area is 224 Å². The minimum absolute atomic E-state index is 0.118. The zero-order valence-electron chi connectivity index (χ0n) is 20.5. The second-order valence-corrected chi connectivity index (χ2v) is 10.5. The molecule has 0 saturated heterocycles. The van der Waals surface area contributed by atoms with Crippen molar-refractivity contribution in [3.8, 4) is 5.75 Å². The average Bonchev–Trinajstić information content (AvgIpc) is 3.39. The zero-order chi connectivity index (χ0) is 26.1. The molecule has 2 heterocycles. The maximum absolute atomic E-state index is 12.6. The normalized spacial score (nSPS) is 10.8. The molecule has 192 valence electrons. The van der Waals surface area contributed by atoms with Crippen LogP contribution in [-0.2, 0) is 22.5 Å². The molecule has 8 nitrogen and oxygen atoms in total. The lowest BCUT2D eigenvalue weighted by Gasteiger charge is -2.10. The summed E-state index contributed by atoms with van der Waals surface area (Å²) in [5.74, 6) is 1.03. The highest BCUT2D eigenvalue weighted by Gasteiger charge is 2.19. The molecule has 1 aromatic carbocycles. The molecule has 0 aliphatic carbocycles. The quantitative estimate of drug-likeness (QED) is 0.126. The molecule has 3 rings (SSSR count). The minimum atomic E-state index is -0.449. The number of rotatable bonds is 13. The lowest BCUT2D eigenvalue weighted by Crippen LogP contribution is -2.16. The molecular weight excluding hydrogens is 520 g/mol. The van der Waals surface area contributed by atoms with Crippen LogP contribution in [0.1, 0.15) is 40.0 Å². The van der Waals surface area contributed by atoms with Crippen molar-refractivity contribution in [3.05, 3.63) is 63.8 Å². The summed E-state index contributed by atoms with van der Waals surface area (Å²) in [4.78, 5) is 25.7. The number of carbonyl (C=O) groups is 2. The van der Waals surface area contributed by atoms with E-state index in [1.165, 1.54) is 23.1 Å². The number of nitrogens with one attached hydrogen (secondary N) is 1. The van der Waals surface area contributed by atoms with E-state index in [4.69, 9.17) is 21.1 Å². The fraction of sp³-hybridized carbons (Fsp3) is 0.360. The number of allylic oxidation sites excluding steroid dienone is 1. The molecule has 0 saturated carbocycles. The number of carbonyl (C=O) groups excluding carboxylic acids is 2. The Morgan fingerprint density at radius 1 is 1.28 bits per heavy atom. The smallest absolute Gasteiger partial charge is 0.341 e. The number of thioether (sulfide) groups is 1. The van der Waals surface area contributed by atoms with E-state index < -0.39 is 5.97 Å². The Balaban J connectivity index is 1.55. The second-order valence-electron chi connectivity index (χ2n) is 7.82. The van der Waals surface area contributed by atoms with Crippen molar-refractivity contribution in [1.82, 2.24) is 14.8 Å². The fourth-order valence-corrected chi connectivity index (χ4v) is 5.28. The van der Waals surface area contributed by atoms with Crippen LogP contribution in [0.3, 0.4) is 0 Å². The topological polar surface area (TPSA) is 95.3 Å². The molecule has 0 aliphatic rings. The predicted octanol–water partition coefficient (Wildman–Crippen LogP) is 5.71. The van der Waals surface area contributed by atoms with E-state index in [1.54, 1.807) is 19.1 Å². The molecule has 0 fully saturated rings. The summed E-state index contributed by atoms with van der Waals surface area (Å²) < 4.78 is 12.9. The van der Waals surface area contributed by atoms with Gasteiger partial charge in [-0.05, 0) is 57.0 Å². The SMILES string of the molecule is C=CCn1c(CCCOc2ccc(Cl)cc2C)nnc1SCC(=O)Nc1sc(C)cc1C(=O)OCC. The number of nitrogens with zero attached hydrogens (tertiary/aromatic N) is 3. The van der Waals surface area contributed by atoms with Gasteiger partial charge in [0.1, 0.15) is 16.6 Å². The number of amides is 1. The predicted molar refractivity (Wildman–Crippen MR) is 145 cm³/mol. The molecule has 36 heavy (non-hydrogen) atoms. The number of aryl methyl sites for hydroxylation is 3. The molecule has 0 unspecified atom stereocenters. The third-order valence-corrected chi connectivity index (χ3v) is 7.15. The second kappa shape index (κ2) is 13.5. The maximum atomic E-state index is 12.6. The highest BCUT2D eigenvalue weighted by atomic mass is 35.5. The molecule has 0 bridgehead atoms. The van der Waals surface area contributed by atoms with Crippen LogP contribution in [0.2, 0.25) is 5.02 Å². The number of hydrogen-bond donors (Lipinski definition) is 1. The summed E-state index contributed by atoms with van der Waals surface area (Å²) in [6.45, 7) is 10.7. The maximum Gasteiger partial charge on any atom is 0.341 e. The van der Waals surface area contributed by atoms with Gasteiger partial charge in [0.15, 0.2) is 5.16 Å². The van der Waals surface area contributed by atoms with Gasteiger partial charge in [0.25, 0.3) is 0 Å². The van der Waals surface area contributed by atoms with E-state index in [1.807, 2.05) is 36.6 Å². The van der Waals surface area contributed by atoms with Gasteiger partial charge in [-0.3, -0.25) is 4.79 Å². The molecule has 11 heteroatoms. The van der Waals surface area contributed by atoms with Crippen LogP contribution < -0.4 is 10.1 Å². The zero-order valence-corrected chi connectivity index (χ0v) is 22.9. The molecular formula is C25H29ClN4O4S2. The van der Waals surface area contributed by atoms with Crippen LogP contribution in [-0.4, -0.2) is 45.6 Å². The summed E-state index contributed by atoms with van der Waals surface area (Å²) in [7, 11) is 0. The van der Waals surface area contributed by atoms with Gasteiger partial charge in [-0.25, -0.2) is 4.79 Å². The molecule has 0 atom stereocenters. The Morgan fingerprint density at radius 3 is 2.81 bits per heavy atom. The third-order valence-electron chi connectivity index (χ3n) is 4.98.